The topological polar surface area (TPSA) is 98.5 Å². The summed E-state index contributed by atoms with van der Waals surface area (Å²) in [7, 11) is -3.48. The number of ether oxygens (including phenoxy) is 1. The van der Waals surface area contributed by atoms with Gasteiger partial charge in [0.1, 0.15) is 5.69 Å². The van der Waals surface area contributed by atoms with E-state index in [1.165, 1.54) is 12.1 Å². The zero-order valence-electron chi connectivity index (χ0n) is 11.9. The van der Waals surface area contributed by atoms with Crippen LogP contribution in [0.5, 0.6) is 0 Å². The van der Waals surface area contributed by atoms with Gasteiger partial charge in [-0.25, -0.2) is 8.42 Å². The number of nitrogens with one attached hydrogen (secondary N) is 1. The molecule has 21 heavy (non-hydrogen) atoms. The largest absolute Gasteiger partial charge is 0.376 e. The summed E-state index contributed by atoms with van der Waals surface area (Å²) < 4.78 is 28.5. The van der Waals surface area contributed by atoms with Crippen LogP contribution < -0.4 is 5.32 Å². The third kappa shape index (κ3) is 3.70. The normalized spacial score (nSPS) is 20.2. The van der Waals surface area contributed by atoms with Crippen molar-refractivity contribution in [3.05, 3.63) is 28.3 Å². The Balaban J connectivity index is 2.28. The number of benzene rings is 1. The van der Waals surface area contributed by atoms with E-state index in [0.29, 0.717) is 12.3 Å². The molecular formula is C13H18N2O5S. The molecule has 1 heterocycles. The van der Waals surface area contributed by atoms with Crippen LogP contribution >= 0.6 is 0 Å². The SMILES string of the molecule is CC(Nc1ccc(S(C)(=O)=O)cc1[N+](=O)[O-])C1CCCO1. The smallest absolute Gasteiger partial charge is 0.293 e. The molecule has 0 saturated carbocycles. The molecule has 0 bridgehead atoms. The molecule has 0 spiro atoms. The third-order valence-corrected chi connectivity index (χ3v) is 4.61. The summed E-state index contributed by atoms with van der Waals surface area (Å²) in [6, 6.07) is 3.79. The van der Waals surface area contributed by atoms with Gasteiger partial charge < -0.3 is 10.1 Å². The number of nitro groups is 1. The molecular weight excluding hydrogens is 296 g/mol. The van der Waals surface area contributed by atoms with Crippen molar-refractivity contribution in [2.75, 3.05) is 18.2 Å². The Hall–Kier alpha value is -1.67. The first-order valence-electron chi connectivity index (χ1n) is 6.65. The molecule has 2 atom stereocenters. The minimum atomic E-state index is -3.48. The average molecular weight is 314 g/mol. The van der Waals surface area contributed by atoms with Gasteiger partial charge in [0.15, 0.2) is 9.84 Å². The molecule has 8 heteroatoms. The Morgan fingerprint density at radius 2 is 2.19 bits per heavy atom. The Kier molecular flexibility index (Phi) is 4.48. The number of hydrogen-bond donors (Lipinski definition) is 1. The maximum absolute atomic E-state index is 11.5. The Morgan fingerprint density at radius 3 is 2.71 bits per heavy atom. The van der Waals surface area contributed by atoms with Gasteiger partial charge in [-0.15, -0.1) is 0 Å². The van der Waals surface area contributed by atoms with Crippen LogP contribution in [-0.4, -0.2) is 38.3 Å². The highest BCUT2D eigenvalue weighted by atomic mass is 32.2. The highest BCUT2D eigenvalue weighted by molar-refractivity contribution is 7.90. The minimum Gasteiger partial charge on any atom is -0.376 e. The van der Waals surface area contributed by atoms with Gasteiger partial charge in [-0.3, -0.25) is 10.1 Å². The quantitative estimate of drug-likeness (QED) is 0.659. The molecule has 7 nitrogen and oxygen atoms in total. The van der Waals surface area contributed by atoms with Crippen molar-refractivity contribution in [1.29, 1.82) is 0 Å². The van der Waals surface area contributed by atoms with Gasteiger partial charge in [-0.1, -0.05) is 0 Å². The van der Waals surface area contributed by atoms with Gasteiger partial charge in [0.25, 0.3) is 5.69 Å². The lowest BCUT2D eigenvalue weighted by molar-refractivity contribution is -0.384. The standard InChI is InChI=1S/C13H18N2O5S/c1-9(13-4-3-7-20-13)14-11-6-5-10(21(2,18)19)8-12(11)15(16)17/h5-6,8-9,13-14H,3-4,7H2,1-2H3. The summed E-state index contributed by atoms with van der Waals surface area (Å²) >= 11 is 0. The van der Waals surface area contributed by atoms with Crippen LogP contribution in [0.25, 0.3) is 0 Å². The van der Waals surface area contributed by atoms with Crippen LogP contribution in [0.1, 0.15) is 19.8 Å². The van der Waals surface area contributed by atoms with Crippen molar-refractivity contribution < 1.29 is 18.1 Å². The van der Waals surface area contributed by atoms with E-state index in [1.54, 1.807) is 0 Å². The van der Waals surface area contributed by atoms with Crippen LogP contribution in [0.4, 0.5) is 11.4 Å². The van der Waals surface area contributed by atoms with Crippen LogP contribution in [0.2, 0.25) is 0 Å². The fourth-order valence-electron chi connectivity index (χ4n) is 2.35. The first kappa shape index (κ1) is 15.7. The van der Waals surface area contributed by atoms with Gasteiger partial charge >= 0.3 is 0 Å². The van der Waals surface area contributed by atoms with Crippen molar-refractivity contribution >= 4 is 21.2 Å². The van der Waals surface area contributed by atoms with E-state index in [9.17, 15) is 18.5 Å². The van der Waals surface area contributed by atoms with Gasteiger partial charge in [-0.05, 0) is 31.9 Å². The second kappa shape index (κ2) is 5.98. The highest BCUT2D eigenvalue weighted by Gasteiger charge is 2.25. The number of anilines is 1. The molecule has 1 aromatic carbocycles. The minimum absolute atomic E-state index is 0.0131. The summed E-state index contributed by atoms with van der Waals surface area (Å²) in [4.78, 5) is 10.5. The zero-order chi connectivity index (χ0) is 15.6. The van der Waals surface area contributed by atoms with E-state index in [0.717, 1.165) is 25.2 Å². The van der Waals surface area contributed by atoms with Crippen molar-refractivity contribution in [1.82, 2.24) is 0 Å². The summed E-state index contributed by atoms with van der Waals surface area (Å²) in [6.07, 6.45) is 2.92. The second-order valence-electron chi connectivity index (χ2n) is 5.19. The maximum atomic E-state index is 11.5. The lowest BCUT2D eigenvalue weighted by Crippen LogP contribution is -2.30. The molecule has 1 aliphatic rings. The number of rotatable bonds is 5. The average Bonchev–Trinajstić information content (AvgIpc) is 2.91. The Labute approximate surface area is 123 Å². The molecule has 116 valence electrons. The fraction of sp³-hybridized carbons (Fsp3) is 0.538. The zero-order valence-corrected chi connectivity index (χ0v) is 12.7. The monoisotopic (exact) mass is 314 g/mol. The fourth-order valence-corrected chi connectivity index (χ4v) is 2.99. The molecule has 0 amide bonds. The number of nitrogens with zero attached hydrogens (tertiary/aromatic N) is 1. The van der Waals surface area contributed by atoms with E-state index in [4.69, 9.17) is 4.74 Å². The molecule has 1 fully saturated rings. The lowest BCUT2D eigenvalue weighted by atomic mass is 10.1. The molecule has 1 N–H and O–H groups in total. The van der Waals surface area contributed by atoms with E-state index in [-0.39, 0.29) is 22.7 Å². The van der Waals surface area contributed by atoms with Gasteiger partial charge in [0.05, 0.1) is 15.9 Å². The van der Waals surface area contributed by atoms with E-state index >= 15 is 0 Å². The van der Waals surface area contributed by atoms with Crippen LogP contribution in [0.3, 0.4) is 0 Å². The van der Waals surface area contributed by atoms with Gasteiger partial charge in [0.2, 0.25) is 0 Å². The van der Waals surface area contributed by atoms with Crippen molar-refractivity contribution in [2.45, 2.75) is 36.8 Å². The second-order valence-corrected chi connectivity index (χ2v) is 7.21. The third-order valence-electron chi connectivity index (χ3n) is 3.50. The van der Waals surface area contributed by atoms with Crippen LogP contribution in [-0.2, 0) is 14.6 Å². The van der Waals surface area contributed by atoms with E-state index < -0.39 is 14.8 Å². The molecule has 1 aromatic rings. The predicted molar refractivity (Wildman–Crippen MR) is 78.3 cm³/mol. The number of sulfone groups is 1. The summed E-state index contributed by atoms with van der Waals surface area (Å²) in [5.74, 6) is 0. The van der Waals surface area contributed by atoms with Crippen molar-refractivity contribution in [2.24, 2.45) is 0 Å². The van der Waals surface area contributed by atoms with E-state index in [1.807, 2.05) is 6.92 Å². The van der Waals surface area contributed by atoms with Crippen LogP contribution in [0.15, 0.2) is 23.1 Å². The molecule has 0 radical (unpaired) electrons. The number of nitro benzene ring substituents is 1. The molecule has 1 aliphatic heterocycles. The van der Waals surface area contributed by atoms with Crippen LogP contribution in [0, 0.1) is 10.1 Å². The predicted octanol–water partition coefficient (Wildman–Crippen LogP) is 1.98. The summed E-state index contributed by atoms with van der Waals surface area (Å²) in [5, 5.41) is 14.2. The highest BCUT2D eigenvalue weighted by Crippen LogP contribution is 2.29. The van der Waals surface area contributed by atoms with Gasteiger partial charge in [-0.2, -0.15) is 0 Å². The molecule has 0 aromatic heterocycles. The lowest BCUT2D eigenvalue weighted by Gasteiger charge is -2.21. The van der Waals surface area contributed by atoms with Crippen molar-refractivity contribution in [3.8, 4) is 0 Å². The molecule has 2 rings (SSSR count). The molecule has 1 saturated heterocycles. The van der Waals surface area contributed by atoms with E-state index in [2.05, 4.69) is 5.32 Å². The number of hydrogen-bond acceptors (Lipinski definition) is 6. The van der Waals surface area contributed by atoms with Crippen molar-refractivity contribution in [3.63, 3.8) is 0 Å². The molecule has 2 unspecified atom stereocenters. The Morgan fingerprint density at radius 1 is 1.48 bits per heavy atom. The maximum Gasteiger partial charge on any atom is 0.293 e. The Bertz CT molecular complexity index is 638. The molecule has 0 aliphatic carbocycles. The van der Waals surface area contributed by atoms with Gasteiger partial charge in [0, 0.05) is 25.0 Å². The summed E-state index contributed by atoms with van der Waals surface area (Å²) in [6.45, 7) is 2.59. The summed E-state index contributed by atoms with van der Waals surface area (Å²) in [5.41, 5.74) is 0.0539. The first-order chi connectivity index (χ1) is 9.79. The first-order valence-corrected chi connectivity index (χ1v) is 8.55.